The van der Waals surface area contributed by atoms with Gasteiger partial charge >= 0.3 is 11.4 Å². The van der Waals surface area contributed by atoms with Crippen molar-refractivity contribution in [2.75, 3.05) is 5.84 Å². The molecule has 8 nitrogen and oxygen atoms in total. The summed E-state index contributed by atoms with van der Waals surface area (Å²) in [6.07, 6.45) is -0.198. The van der Waals surface area contributed by atoms with Crippen molar-refractivity contribution in [1.82, 2.24) is 14.2 Å². The Labute approximate surface area is 169 Å². The van der Waals surface area contributed by atoms with Crippen LogP contribution in [0.4, 0.5) is 10.1 Å². The minimum absolute atomic E-state index is 0.0693. The van der Waals surface area contributed by atoms with Gasteiger partial charge in [0.25, 0.3) is 0 Å². The maximum absolute atomic E-state index is 14.3. The largest absolute Gasteiger partial charge is 0.488 e. The Hall–Kier alpha value is -3.33. The van der Waals surface area contributed by atoms with Gasteiger partial charge in [0.15, 0.2) is 11.6 Å². The molecule has 152 valence electrons. The number of halogens is 2. The summed E-state index contributed by atoms with van der Waals surface area (Å²) in [6, 6.07) is 10.8. The Bertz CT molecular complexity index is 1210. The molecule has 1 aromatic heterocycles. The number of hydrogen-bond donors (Lipinski definition) is 2. The molecule has 29 heavy (non-hydrogen) atoms. The van der Waals surface area contributed by atoms with E-state index in [2.05, 4.69) is 9.98 Å². The van der Waals surface area contributed by atoms with E-state index in [0.29, 0.717) is 9.70 Å². The lowest BCUT2D eigenvalue weighted by atomic mass is 10.2. The van der Waals surface area contributed by atoms with Crippen LogP contribution < -0.4 is 27.6 Å². The summed E-state index contributed by atoms with van der Waals surface area (Å²) in [5.41, 5.74) is -0.808. The average Bonchev–Trinajstić information content (AvgIpc) is 2.66. The molecule has 0 bridgehead atoms. The molecule has 3 aromatic rings. The van der Waals surface area contributed by atoms with Gasteiger partial charge in [0, 0.05) is 11.1 Å². The third kappa shape index (κ3) is 4.75. The summed E-state index contributed by atoms with van der Waals surface area (Å²) in [5.74, 6) is 5.24. The number of nitrogens with one attached hydrogen (secondary N) is 1. The highest BCUT2D eigenvalue weighted by Crippen LogP contribution is 2.23. The quantitative estimate of drug-likeness (QED) is 0.616. The first-order valence-electron chi connectivity index (χ1n) is 8.71. The number of aromatic nitrogens is 3. The topological polar surface area (TPSA) is 107 Å². The lowest BCUT2D eigenvalue weighted by molar-refractivity contribution is 0.231. The summed E-state index contributed by atoms with van der Waals surface area (Å²) >= 11 is 5.89. The van der Waals surface area contributed by atoms with E-state index >= 15 is 0 Å². The van der Waals surface area contributed by atoms with Crippen LogP contribution in [-0.2, 0) is 6.54 Å². The molecule has 3 rings (SSSR count). The number of nitrogen functional groups attached to an aromatic ring is 1. The Balaban J connectivity index is 2.13. The van der Waals surface area contributed by atoms with Crippen LogP contribution in [0.5, 0.6) is 5.75 Å². The Morgan fingerprint density at radius 3 is 2.48 bits per heavy atom. The number of nitrogens with two attached hydrogens (primary N) is 1. The zero-order valence-electron chi connectivity index (χ0n) is 15.7. The standard InChI is InChI=1S/C19H19ClFN5O3/c1-11(2)29-16-8-7-14(9-15(16)21)23-17-25(18(27)24-19(28)26(17)22)10-12-3-5-13(20)6-4-12/h3-9,11H,10,22H2,1-2H3,(H,24,27,28)/b23-17-. The lowest BCUT2D eigenvalue weighted by Gasteiger charge is -2.11. The third-order valence-electron chi connectivity index (χ3n) is 3.90. The summed E-state index contributed by atoms with van der Waals surface area (Å²) < 4.78 is 21.5. The van der Waals surface area contributed by atoms with Crippen molar-refractivity contribution in [1.29, 1.82) is 0 Å². The fourth-order valence-electron chi connectivity index (χ4n) is 2.58. The number of H-pyrrole nitrogens is 1. The van der Waals surface area contributed by atoms with E-state index in [-0.39, 0.29) is 29.7 Å². The van der Waals surface area contributed by atoms with Gasteiger partial charge in [-0.3, -0.25) is 9.55 Å². The molecule has 0 atom stereocenters. The van der Waals surface area contributed by atoms with E-state index in [1.807, 2.05) is 0 Å². The molecule has 0 saturated carbocycles. The maximum Gasteiger partial charge on any atom is 0.351 e. The van der Waals surface area contributed by atoms with E-state index in [0.717, 1.165) is 11.6 Å². The van der Waals surface area contributed by atoms with Gasteiger partial charge < -0.3 is 10.6 Å². The SMILES string of the molecule is CC(C)Oc1ccc(/N=c2\n(N)c(=O)[nH]c(=O)n2Cc2ccc(Cl)cc2)cc1F. The minimum Gasteiger partial charge on any atom is -0.488 e. The Morgan fingerprint density at radius 2 is 1.86 bits per heavy atom. The smallest absolute Gasteiger partial charge is 0.351 e. The van der Waals surface area contributed by atoms with Gasteiger partial charge in [-0.25, -0.2) is 19.0 Å². The first-order chi connectivity index (χ1) is 13.7. The van der Waals surface area contributed by atoms with E-state index in [1.165, 1.54) is 16.7 Å². The second kappa shape index (κ2) is 8.36. The minimum atomic E-state index is -0.846. The highest BCUT2D eigenvalue weighted by Gasteiger charge is 2.10. The predicted octanol–water partition coefficient (Wildman–Crippen LogP) is 1.91. The van der Waals surface area contributed by atoms with Crippen molar-refractivity contribution in [2.24, 2.45) is 4.99 Å². The van der Waals surface area contributed by atoms with Gasteiger partial charge in [-0.05, 0) is 43.7 Å². The van der Waals surface area contributed by atoms with E-state index in [4.69, 9.17) is 22.2 Å². The van der Waals surface area contributed by atoms with Crippen molar-refractivity contribution in [3.05, 3.63) is 85.5 Å². The van der Waals surface area contributed by atoms with Gasteiger partial charge in [-0.2, -0.15) is 4.68 Å². The van der Waals surface area contributed by atoms with Crippen molar-refractivity contribution >= 4 is 17.3 Å². The molecule has 1 heterocycles. The van der Waals surface area contributed by atoms with Crippen LogP contribution in [0.15, 0.2) is 57.0 Å². The zero-order chi connectivity index (χ0) is 21.1. The van der Waals surface area contributed by atoms with Gasteiger partial charge in [0.2, 0.25) is 5.62 Å². The molecule has 3 N–H and O–H groups in total. The monoisotopic (exact) mass is 419 g/mol. The molecule has 0 spiro atoms. The maximum atomic E-state index is 14.3. The Morgan fingerprint density at radius 1 is 1.17 bits per heavy atom. The number of nitrogens with zero attached hydrogens (tertiary/aromatic N) is 3. The molecule has 0 aliphatic carbocycles. The molecule has 0 fully saturated rings. The van der Waals surface area contributed by atoms with Gasteiger partial charge in [-0.15, -0.1) is 0 Å². The van der Waals surface area contributed by atoms with Crippen molar-refractivity contribution in [3.8, 4) is 5.75 Å². The molecule has 0 saturated heterocycles. The van der Waals surface area contributed by atoms with Crippen LogP contribution in [0.3, 0.4) is 0 Å². The second-order valence-corrected chi connectivity index (χ2v) is 6.95. The summed E-state index contributed by atoms with van der Waals surface area (Å²) in [7, 11) is 0. The van der Waals surface area contributed by atoms with Crippen LogP contribution >= 0.6 is 11.6 Å². The number of aromatic amines is 1. The molecule has 0 aliphatic heterocycles. The van der Waals surface area contributed by atoms with Crippen molar-refractivity contribution in [2.45, 2.75) is 26.5 Å². The molecular weight excluding hydrogens is 401 g/mol. The Kier molecular flexibility index (Phi) is 5.88. The second-order valence-electron chi connectivity index (χ2n) is 6.51. The summed E-state index contributed by atoms with van der Waals surface area (Å²) in [4.78, 5) is 30.6. The fraction of sp³-hybridized carbons (Fsp3) is 0.211. The van der Waals surface area contributed by atoms with E-state index < -0.39 is 17.2 Å². The highest BCUT2D eigenvalue weighted by molar-refractivity contribution is 6.30. The van der Waals surface area contributed by atoms with Gasteiger partial charge in [0.05, 0.1) is 18.3 Å². The molecule has 2 aromatic carbocycles. The van der Waals surface area contributed by atoms with Crippen LogP contribution in [-0.4, -0.2) is 20.3 Å². The molecule has 0 aliphatic rings. The summed E-state index contributed by atoms with van der Waals surface area (Å²) in [5, 5.41) is 0.542. The number of rotatable bonds is 5. The van der Waals surface area contributed by atoms with Gasteiger partial charge in [-0.1, -0.05) is 23.7 Å². The van der Waals surface area contributed by atoms with Crippen LogP contribution in [0.25, 0.3) is 0 Å². The fourth-order valence-corrected chi connectivity index (χ4v) is 2.71. The normalized spacial score (nSPS) is 11.8. The van der Waals surface area contributed by atoms with Crippen LogP contribution in [0, 0.1) is 5.82 Å². The first-order valence-corrected chi connectivity index (χ1v) is 9.09. The first kappa shape index (κ1) is 20.4. The van der Waals surface area contributed by atoms with Crippen molar-refractivity contribution < 1.29 is 9.13 Å². The number of ether oxygens (including phenoxy) is 1. The lowest BCUT2D eigenvalue weighted by Crippen LogP contribution is -2.53. The zero-order valence-corrected chi connectivity index (χ0v) is 16.5. The highest BCUT2D eigenvalue weighted by atomic mass is 35.5. The van der Waals surface area contributed by atoms with Crippen molar-refractivity contribution in [3.63, 3.8) is 0 Å². The summed E-state index contributed by atoms with van der Waals surface area (Å²) in [6.45, 7) is 3.63. The number of benzene rings is 2. The molecule has 0 amide bonds. The van der Waals surface area contributed by atoms with Crippen LogP contribution in [0.2, 0.25) is 5.02 Å². The molecule has 10 heteroatoms. The number of hydrogen-bond acceptors (Lipinski definition) is 5. The van der Waals surface area contributed by atoms with E-state index in [1.54, 1.807) is 38.1 Å². The predicted molar refractivity (Wildman–Crippen MR) is 107 cm³/mol. The van der Waals surface area contributed by atoms with Crippen LogP contribution in [0.1, 0.15) is 19.4 Å². The molecule has 0 radical (unpaired) electrons. The average molecular weight is 420 g/mol. The molecular formula is C19H19ClFN5O3. The van der Waals surface area contributed by atoms with Gasteiger partial charge in [0.1, 0.15) is 0 Å². The third-order valence-corrected chi connectivity index (χ3v) is 4.15. The van der Waals surface area contributed by atoms with E-state index in [9.17, 15) is 14.0 Å². The molecule has 0 unspecified atom stereocenters.